The molecule has 1 aromatic heterocycles. The van der Waals surface area contributed by atoms with Gasteiger partial charge in [-0.25, -0.2) is 4.39 Å². The number of nitrogens with zero attached hydrogens (tertiary/aromatic N) is 1. The van der Waals surface area contributed by atoms with Gasteiger partial charge in [0.1, 0.15) is 5.82 Å². The van der Waals surface area contributed by atoms with Crippen LogP contribution in [-0.2, 0) is 12.8 Å². The van der Waals surface area contributed by atoms with E-state index in [1.54, 1.807) is 30.6 Å². The molecule has 0 aliphatic rings. The molecule has 0 bridgehead atoms. The lowest BCUT2D eigenvalue weighted by molar-refractivity contribution is 0.176. The quantitative estimate of drug-likeness (QED) is 0.927. The maximum Gasteiger partial charge on any atom is 0.126 e. The van der Waals surface area contributed by atoms with Crippen molar-refractivity contribution in [2.45, 2.75) is 25.9 Å². The van der Waals surface area contributed by atoms with Gasteiger partial charge < -0.3 is 5.11 Å². The van der Waals surface area contributed by atoms with Crippen LogP contribution in [0.15, 0.2) is 41.1 Å². The van der Waals surface area contributed by atoms with Crippen molar-refractivity contribution in [3.05, 3.63) is 63.6 Å². The van der Waals surface area contributed by atoms with Crippen LogP contribution in [0.25, 0.3) is 0 Å². The summed E-state index contributed by atoms with van der Waals surface area (Å²) in [6.45, 7) is 2.01. The molecule has 100 valence electrons. The Morgan fingerprint density at radius 3 is 2.84 bits per heavy atom. The van der Waals surface area contributed by atoms with E-state index >= 15 is 0 Å². The first-order valence-corrected chi connectivity index (χ1v) is 6.96. The van der Waals surface area contributed by atoms with Crippen molar-refractivity contribution in [1.29, 1.82) is 0 Å². The van der Waals surface area contributed by atoms with Gasteiger partial charge in [0.2, 0.25) is 0 Å². The number of benzene rings is 1. The number of aliphatic hydroxyl groups excluding tert-OH is 1. The minimum atomic E-state index is -0.721. The Bertz CT molecular complexity index is 574. The van der Waals surface area contributed by atoms with E-state index in [-0.39, 0.29) is 12.2 Å². The van der Waals surface area contributed by atoms with Crippen molar-refractivity contribution in [2.75, 3.05) is 0 Å². The first-order chi connectivity index (χ1) is 9.11. The van der Waals surface area contributed by atoms with Gasteiger partial charge in [0, 0.05) is 23.3 Å². The first kappa shape index (κ1) is 14.2. The van der Waals surface area contributed by atoms with Gasteiger partial charge in [-0.2, -0.15) is 0 Å². The maximum absolute atomic E-state index is 13.7. The summed E-state index contributed by atoms with van der Waals surface area (Å²) in [6, 6.07) is 6.54. The molecule has 0 saturated carbocycles. The molecule has 0 radical (unpaired) electrons. The molecule has 2 nitrogen and oxygen atoms in total. The number of hydrogen-bond acceptors (Lipinski definition) is 2. The Labute approximate surface area is 120 Å². The Kier molecular flexibility index (Phi) is 4.66. The van der Waals surface area contributed by atoms with Gasteiger partial charge in [0.05, 0.1) is 6.10 Å². The normalized spacial score (nSPS) is 12.4. The minimum Gasteiger partial charge on any atom is -0.388 e. The molecule has 0 aliphatic carbocycles. The predicted octanol–water partition coefficient (Wildman–Crippen LogP) is 3.82. The summed E-state index contributed by atoms with van der Waals surface area (Å²) < 4.78 is 14.5. The van der Waals surface area contributed by atoms with E-state index in [9.17, 15) is 9.50 Å². The van der Waals surface area contributed by atoms with Gasteiger partial charge in [-0.05, 0) is 47.4 Å². The fourth-order valence-electron chi connectivity index (χ4n) is 2.08. The van der Waals surface area contributed by atoms with E-state index in [0.717, 1.165) is 22.0 Å². The second-order valence-corrected chi connectivity index (χ2v) is 5.30. The lowest BCUT2D eigenvalue weighted by Crippen LogP contribution is -2.07. The summed E-state index contributed by atoms with van der Waals surface area (Å²) in [7, 11) is 0. The molecule has 2 rings (SSSR count). The van der Waals surface area contributed by atoms with E-state index in [2.05, 4.69) is 20.9 Å². The number of aliphatic hydroxyl groups is 1. The van der Waals surface area contributed by atoms with Gasteiger partial charge in [-0.1, -0.05) is 22.9 Å². The second kappa shape index (κ2) is 6.26. The molecule has 1 aromatic carbocycles. The lowest BCUT2D eigenvalue weighted by Gasteiger charge is -2.15. The first-order valence-electron chi connectivity index (χ1n) is 6.16. The monoisotopic (exact) mass is 323 g/mol. The Morgan fingerprint density at radius 2 is 2.11 bits per heavy atom. The molecule has 0 aliphatic heterocycles. The zero-order valence-corrected chi connectivity index (χ0v) is 12.2. The number of aromatic nitrogens is 1. The van der Waals surface area contributed by atoms with Crippen LogP contribution in [0.2, 0.25) is 0 Å². The molecule has 0 saturated heterocycles. The van der Waals surface area contributed by atoms with Crippen LogP contribution >= 0.6 is 15.9 Å². The molecular formula is C15H15BrFNO. The summed E-state index contributed by atoms with van der Waals surface area (Å²) in [6.07, 6.45) is 3.72. The molecular weight excluding hydrogens is 309 g/mol. The van der Waals surface area contributed by atoms with Crippen LogP contribution in [0, 0.1) is 5.82 Å². The molecule has 1 N–H and O–H groups in total. The highest BCUT2D eigenvalue weighted by Gasteiger charge is 2.14. The molecule has 2 aromatic rings. The van der Waals surface area contributed by atoms with Crippen LogP contribution in [0.4, 0.5) is 4.39 Å². The minimum absolute atomic E-state index is 0.252. The van der Waals surface area contributed by atoms with Gasteiger partial charge >= 0.3 is 0 Å². The Balaban J connectivity index is 2.25. The van der Waals surface area contributed by atoms with Crippen molar-refractivity contribution in [3.8, 4) is 0 Å². The number of halogens is 2. The standard InChI is InChI=1S/C15H15BrFNO/c1-2-10-9-18-6-5-13(10)15(19)8-11-7-12(16)3-4-14(11)17/h3-7,9,15,19H,2,8H2,1H3. The summed E-state index contributed by atoms with van der Waals surface area (Å²) in [5.41, 5.74) is 2.31. The fraction of sp³-hybridized carbons (Fsp3) is 0.267. The van der Waals surface area contributed by atoms with E-state index in [4.69, 9.17) is 0 Å². The third kappa shape index (κ3) is 3.39. The smallest absolute Gasteiger partial charge is 0.126 e. The van der Waals surface area contributed by atoms with E-state index < -0.39 is 6.10 Å². The molecule has 0 spiro atoms. The Hall–Kier alpha value is -1.26. The average Bonchev–Trinajstić information content (AvgIpc) is 2.42. The summed E-state index contributed by atoms with van der Waals surface area (Å²) in [5.74, 6) is -0.297. The topological polar surface area (TPSA) is 33.1 Å². The molecule has 4 heteroatoms. The summed E-state index contributed by atoms with van der Waals surface area (Å²) >= 11 is 3.31. The zero-order valence-electron chi connectivity index (χ0n) is 10.6. The van der Waals surface area contributed by atoms with Gasteiger partial charge in [0.25, 0.3) is 0 Å². The number of rotatable bonds is 4. The fourth-order valence-corrected chi connectivity index (χ4v) is 2.48. The van der Waals surface area contributed by atoms with Crippen LogP contribution in [0.3, 0.4) is 0 Å². The second-order valence-electron chi connectivity index (χ2n) is 4.38. The number of pyridine rings is 1. The summed E-state index contributed by atoms with van der Waals surface area (Å²) in [4.78, 5) is 4.04. The van der Waals surface area contributed by atoms with Gasteiger partial charge in [-0.15, -0.1) is 0 Å². The largest absolute Gasteiger partial charge is 0.388 e. The van der Waals surface area contributed by atoms with Crippen LogP contribution in [-0.4, -0.2) is 10.1 Å². The van der Waals surface area contributed by atoms with Crippen LogP contribution in [0.5, 0.6) is 0 Å². The van der Waals surface area contributed by atoms with Crippen molar-refractivity contribution >= 4 is 15.9 Å². The molecule has 1 heterocycles. The van der Waals surface area contributed by atoms with E-state index in [1.165, 1.54) is 6.07 Å². The third-order valence-corrected chi connectivity index (χ3v) is 3.60. The zero-order chi connectivity index (χ0) is 13.8. The van der Waals surface area contributed by atoms with Gasteiger partial charge in [0.15, 0.2) is 0 Å². The molecule has 0 fully saturated rings. The average molecular weight is 324 g/mol. The summed E-state index contributed by atoms with van der Waals surface area (Å²) in [5, 5.41) is 10.3. The van der Waals surface area contributed by atoms with Crippen LogP contribution < -0.4 is 0 Å². The highest BCUT2D eigenvalue weighted by molar-refractivity contribution is 9.10. The van der Waals surface area contributed by atoms with Gasteiger partial charge in [-0.3, -0.25) is 4.98 Å². The highest BCUT2D eigenvalue weighted by atomic mass is 79.9. The Morgan fingerprint density at radius 1 is 1.32 bits per heavy atom. The number of hydrogen-bond donors (Lipinski definition) is 1. The predicted molar refractivity (Wildman–Crippen MR) is 76.4 cm³/mol. The molecule has 0 amide bonds. The van der Waals surface area contributed by atoms with Crippen molar-refractivity contribution in [1.82, 2.24) is 4.98 Å². The van der Waals surface area contributed by atoms with Crippen molar-refractivity contribution in [2.24, 2.45) is 0 Å². The third-order valence-electron chi connectivity index (χ3n) is 3.10. The lowest BCUT2D eigenvalue weighted by atomic mass is 9.97. The van der Waals surface area contributed by atoms with E-state index in [0.29, 0.717) is 5.56 Å². The number of aryl methyl sites for hydroxylation is 1. The molecule has 1 atom stereocenters. The maximum atomic E-state index is 13.7. The van der Waals surface area contributed by atoms with Crippen molar-refractivity contribution < 1.29 is 9.50 Å². The SMILES string of the molecule is CCc1cnccc1C(O)Cc1cc(Br)ccc1F. The highest BCUT2D eigenvalue weighted by Crippen LogP contribution is 2.24. The van der Waals surface area contributed by atoms with Crippen molar-refractivity contribution in [3.63, 3.8) is 0 Å². The molecule has 1 unspecified atom stereocenters. The van der Waals surface area contributed by atoms with Crippen LogP contribution in [0.1, 0.15) is 29.7 Å². The molecule has 19 heavy (non-hydrogen) atoms. The van der Waals surface area contributed by atoms with E-state index in [1.807, 2.05) is 6.92 Å².